The van der Waals surface area contributed by atoms with Gasteiger partial charge in [0.15, 0.2) is 0 Å². The van der Waals surface area contributed by atoms with Crippen LogP contribution in [-0.2, 0) is 6.61 Å². The monoisotopic (exact) mass is 248 g/mol. The van der Waals surface area contributed by atoms with Crippen molar-refractivity contribution < 1.29 is 9.84 Å². The van der Waals surface area contributed by atoms with E-state index in [2.05, 4.69) is 0 Å². The molecule has 0 atom stereocenters. The maximum absolute atomic E-state index is 8.94. The van der Waals surface area contributed by atoms with E-state index in [-0.39, 0.29) is 6.61 Å². The molecule has 1 N–H and O–H groups in total. The van der Waals surface area contributed by atoms with Crippen molar-refractivity contribution in [2.75, 3.05) is 0 Å². The number of aliphatic hydroxyl groups excluding tert-OH is 1. The van der Waals surface area contributed by atoms with Crippen LogP contribution in [-0.4, -0.2) is 5.11 Å². The van der Waals surface area contributed by atoms with Gasteiger partial charge in [0.05, 0.1) is 6.61 Å². The summed E-state index contributed by atoms with van der Waals surface area (Å²) in [6.45, 7) is 2.00. The molecule has 0 aliphatic heterocycles. The van der Waals surface area contributed by atoms with E-state index in [1.807, 2.05) is 43.3 Å². The Kier molecular flexibility index (Phi) is 3.67. The molecular formula is C14H13ClO2. The first-order valence-electron chi connectivity index (χ1n) is 5.33. The van der Waals surface area contributed by atoms with Crippen molar-refractivity contribution in [3.8, 4) is 11.5 Å². The summed E-state index contributed by atoms with van der Waals surface area (Å²) in [4.78, 5) is 0. The molecule has 2 nitrogen and oxygen atoms in total. The van der Waals surface area contributed by atoms with Gasteiger partial charge in [-0.3, -0.25) is 0 Å². The van der Waals surface area contributed by atoms with Crippen LogP contribution in [0.1, 0.15) is 11.1 Å². The minimum Gasteiger partial charge on any atom is -0.457 e. The van der Waals surface area contributed by atoms with Crippen LogP contribution in [0.4, 0.5) is 0 Å². The molecule has 88 valence electrons. The summed E-state index contributed by atoms with van der Waals surface area (Å²) in [6, 6.07) is 12.8. The van der Waals surface area contributed by atoms with Crippen molar-refractivity contribution in [1.29, 1.82) is 0 Å². The first-order valence-corrected chi connectivity index (χ1v) is 5.70. The fraction of sp³-hybridized carbons (Fsp3) is 0.143. The van der Waals surface area contributed by atoms with E-state index in [1.165, 1.54) is 0 Å². The Balaban J connectivity index is 2.22. The number of rotatable bonds is 3. The predicted octanol–water partition coefficient (Wildman–Crippen LogP) is 3.93. The normalized spacial score (nSPS) is 10.3. The van der Waals surface area contributed by atoms with Crippen LogP contribution in [0, 0.1) is 6.92 Å². The highest BCUT2D eigenvalue weighted by Gasteiger charge is 2.02. The fourth-order valence-electron chi connectivity index (χ4n) is 1.47. The Hall–Kier alpha value is -1.51. The van der Waals surface area contributed by atoms with Gasteiger partial charge >= 0.3 is 0 Å². The lowest BCUT2D eigenvalue weighted by Gasteiger charge is -2.09. The van der Waals surface area contributed by atoms with E-state index < -0.39 is 0 Å². The number of hydrogen-bond acceptors (Lipinski definition) is 2. The van der Waals surface area contributed by atoms with Crippen molar-refractivity contribution in [3.05, 3.63) is 58.6 Å². The number of aliphatic hydroxyl groups is 1. The zero-order valence-corrected chi connectivity index (χ0v) is 10.2. The van der Waals surface area contributed by atoms with Gasteiger partial charge in [0.1, 0.15) is 11.5 Å². The van der Waals surface area contributed by atoms with Gasteiger partial charge in [-0.15, -0.1) is 0 Å². The Bertz CT molecular complexity index is 506. The molecule has 0 aliphatic carbocycles. The van der Waals surface area contributed by atoms with Crippen LogP contribution in [0.5, 0.6) is 11.5 Å². The van der Waals surface area contributed by atoms with Gasteiger partial charge in [-0.1, -0.05) is 29.8 Å². The first kappa shape index (κ1) is 12.0. The van der Waals surface area contributed by atoms with Crippen molar-refractivity contribution in [2.45, 2.75) is 13.5 Å². The lowest BCUT2D eigenvalue weighted by Crippen LogP contribution is -1.88. The second kappa shape index (κ2) is 5.21. The summed E-state index contributed by atoms with van der Waals surface area (Å²) in [5.41, 5.74) is 1.89. The summed E-state index contributed by atoms with van der Waals surface area (Å²) in [5, 5.41) is 9.59. The molecule has 0 unspecified atom stereocenters. The molecule has 0 saturated heterocycles. The highest BCUT2D eigenvalue weighted by molar-refractivity contribution is 6.30. The van der Waals surface area contributed by atoms with Gasteiger partial charge in [0.2, 0.25) is 0 Å². The van der Waals surface area contributed by atoms with E-state index in [0.29, 0.717) is 5.02 Å². The van der Waals surface area contributed by atoms with Crippen LogP contribution in [0.15, 0.2) is 42.5 Å². The number of ether oxygens (including phenoxy) is 1. The second-order valence-corrected chi connectivity index (χ2v) is 4.25. The third kappa shape index (κ3) is 2.99. The van der Waals surface area contributed by atoms with E-state index in [9.17, 15) is 0 Å². The Morgan fingerprint density at radius 1 is 1.12 bits per heavy atom. The van der Waals surface area contributed by atoms with Gasteiger partial charge in [-0.25, -0.2) is 0 Å². The molecule has 0 radical (unpaired) electrons. The zero-order chi connectivity index (χ0) is 12.3. The molecule has 0 spiro atoms. The summed E-state index contributed by atoms with van der Waals surface area (Å²) in [6.07, 6.45) is 0. The van der Waals surface area contributed by atoms with Gasteiger partial charge in [0.25, 0.3) is 0 Å². The minimum absolute atomic E-state index is 0.0382. The molecule has 3 heteroatoms. The van der Waals surface area contributed by atoms with Gasteiger partial charge < -0.3 is 9.84 Å². The third-order valence-corrected chi connectivity index (χ3v) is 2.72. The summed E-state index contributed by atoms with van der Waals surface area (Å²) in [7, 11) is 0. The van der Waals surface area contributed by atoms with E-state index in [0.717, 1.165) is 22.6 Å². The molecular weight excluding hydrogens is 236 g/mol. The lowest BCUT2D eigenvalue weighted by molar-refractivity contribution is 0.281. The highest BCUT2D eigenvalue weighted by atomic mass is 35.5. The van der Waals surface area contributed by atoms with Gasteiger partial charge in [-0.05, 0) is 42.3 Å². The number of aryl methyl sites for hydroxylation is 1. The quantitative estimate of drug-likeness (QED) is 0.892. The van der Waals surface area contributed by atoms with E-state index >= 15 is 0 Å². The number of hydrogen-bond donors (Lipinski definition) is 1. The summed E-state index contributed by atoms with van der Waals surface area (Å²) in [5.74, 6) is 1.47. The molecule has 0 heterocycles. The predicted molar refractivity (Wildman–Crippen MR) is 68.6 cm³/mol. The maximum atomic E-state index is 8.94. The molecule has 0 saturated carbocycles. The van der Waals surface area contributed by atoms with Crippen LogP contribution in [0.3, 0.4) is 0 Å². The van der Waals surface area contributed by atoms with Crippen molar-refractivity contribution in [1.82, 2.24) is 0 Å². The van der Waals surface area contributed by atoms with E-state index in [4.69, 9.17) is 21.4 Å². The smallest absolute Gasteiger partial charge is 0.131 e. The second-order valence-electron chi connectivity index (χ2n) is 3.81. The standard InChI is InChI=1S/C14H13ClO2/c1-10-2-5-12(15)8-14(10)17-13-6-3-11(9-16)4-7-13/h2-8,16H,9H2,1H3. The van der Waals surface area contributed by atoms with Gasteiger partial charge in [-0.2, -0.15) is 0 Å². The van der Waals surface area contributed by atoms with Crippen LogP contribution in [0.25, 0.3) is 0 Å². The van der Waals surface area contributed by atoms with E-state index in [1.54, 1.807) is 6.07 Å². The Labute approximate surface area is 105 Å². The molecule has 0 aliphatic rings. The molecule has 2 aromatic carbocycles. The summed E-state index contributed by atoms with van der Waals surface area (Å²) < 4.78 is 5.72. The Morgan fingerprint density at radius 2 is 1.82 bits per heavy atom. The van der Waals surface area contributed by atoms with Crippen molar-refractivity contribution >= 4 is 11.6 Å². The number of halogens is 1. The van der Waals surface area contributed by atoms with Gasteiger partial charge in [0, 0.05) is 5.02 Å². The maximum Gasteiger partial charge on any atom is 0.131 e. The first-order chi connectivity index (χ1) is 8.19. The summed E-state index contributed by atoms with van der Waals surface area (Å²) >= 11 is 5.92. The molecule has 0 fully saturated rings. The zero-order valence-electron chi connectivity index (χ0n) is 9.48. The highest BCUT2D eigenvalue weighted by Crippen LogP contribution is 2.27. The SMILES string of the molecule is Cc1ccc(Cl)cc1Oc1ccc(CO)cc1. The lowest BCUT2D eigenvalue weighted by atomic mass is 10.2. The largest absolute Gasteiger partial charge is 0.457 e. The topological polar surface area (TPSA) is 29.5 Å². The van der Waals surface area contributed by atoms with Crippen molar-refractivity contribution in [2.24, 2.45) is 0 Å². The molecule has 0 aromatic heterocycles. The molecule has 0 amide bonds. The average molecular weight is 249 g/mol. The third-order valence-electron chi connectivity index (χ3n) is 2.48. The van der Waals surface area contributed by atoms with Crippen LogP contribution >= 0.6 is 11.6 Å². The number of benzene rings is 2. The van der Waals surface area contributed by atoms with Crippen LogP contribution in [0.2, 0.25) is 5.02 Å². The molecule has 2 aromatic rings. The molecule has 0 bridgehead atoms. The molecule has 17 heavy (non-hydrogen) atoms. The molecule has 2 rings (SSSR count). The Morgan fingerprint density at radius 3 is 2.47 bits per heavy atom. The van der Waals surface area contributed by atoms with Crippen molar-refractivity contribution in [3.63, 3.8) is 0 Å². The average Bonchev–Trinajstić information content (AvgIpc) is 2.35. The van der Waals surface area contributed by atoms with Crippen LogP contribution < -0.4 is 4.74 Å². The fourth-order valence-corrected chi connectivity index (χ4v) is 1.64. The minimum atomic E-state index is 0.0382.